The molecule has 1 aliphatic heterocycles. The van der Waals surface area contributed by atoms with Crippen LogP contribution < -0.4 is 25.8 Å². The third-order valence-corrected chi connectivity index (χ3v) is 6.52. The van der Waals surface area contributed by atoms with Crippen molar-refractivity contribution in [3.05, 3.63) is 107 Å². The molecule has 0 aliphatic carbocycles. The SMILES string of the molecule is Cl.O=C(Nc1ccc(Oc2ccnc3cnc(N4CCNCC4)cc23)cn1)c1cccn(-c2ccc(F)cc2)c1=O. The Bertz CT molecular complexity index is 1740. The Balaban J connectivity index is 0.00000337. The first-order chi connectivity index (χ1) is 19.5. The molecule has 1 fully saturated rings. The molecule has 1 aliphatic rings. The molecule has 0 spiro atoms. The zero-order chi connectivity index (χ0) is 27.5. The van der Waals surface area contributed by atoms with E-state index in [9.17, 15) is 14.0 Å². The number of pyridine rings is 4. The van der Waals surface area contributed by atoms with Gasteiger partial charge in [0.1, 0.15) is 34.5 Å². The second kappa shape index (κ2) is 12.1. The predicted octanol–water partition coefficient (Wildman–Crippen LogP) is 4.19. The lowest BCUT2D eigenvalue weighted by Gasteiger charge is -2.28. The number of carbonyl (C=O) groups excluding carboxylic acids is 1. The van der Waals surface area contributed by atoms with Crippen LogP contribution in [0.2, 0.25) is 0 Å². The van der Waals surface area contributed by atoms with E-state index in [0.717, 1.165) is 37.4 Å². The van der Waals surface area contributed by atoms with Gasteiger partial charge in [0.05, 0.1) is 17.9 Å². The Hall–Kier alpha value is -4.87. The van der Waals surface area contributed by atoms with Crippen molar-refractivity contribution >= 4 is 40.9 Å². The number of hydrogen-bond donors (Lipinski definition) is 2. The zero-order valence-electron chi connectivity index (χ0n) is 21.7. The summed E-state index contributed by atoms with van der Waals surface area (Å²) in [6, 6.07) is 15.4. The highest BCUT2D eigenvalue weighted by atomic mass is 35.5. The highest BCUT2D eigenvalue weighted by Crippen LogP contribution is 2.30. The number of hydrogen-bond acceptors (Lipinski definition) is 8. The Morgan fingerprint density at radius 3 is 2.54 bits per heavy atom. The summed E-state index contributed by atoms with van der Waals surface area (Å²) < 4.78 is 20.7. The minimum Gasteiger partial charge on any atom is -0.455 e. The number of fused-ring (bicyclic) bond motifs is 1. The number of amides is 1. The molecule has 0 radical (unpaired) electrons. The molecule has 5 aromatic rings. The third-order valence-electron chi connectivity index (χ3n) is 6.52. The maximum absolute atomic E-state index is 13.3. The van der Waals surface area contributed by atoms with E-state index >= 15 is 0 Å². The van der Waals surface area contributed by atoms with Crippen LogP contribution in [0.25, 0.3) is 16.6 Å². The van der Waals surface area contributed by atoms with Gasteiger partial charge in [0.25, 0.3) is 11.5 Å². The molecule has 0 saturated carbocycles. The molecular weight excluding hydrogens is 549 g/mol. The molecule has 5 heterocycles. The number of nitrogens with one attached hydrogen (secondary N) is 2. The Kier molecular flexibility index (Phi) is 8.18. The fraction of sp³-hybridized carbons (Fsp3) is 0.138. The number of halogens is 2. The highest BCUT2D eigenvalue weighted by molar-refractivity contribution is 6.03. The van der Waals surface area contributed by atoms with Gasteiger partial charge in [-0.2, -0.15) is 0 Å². The quantitative estimate of drug-likeness (QED) is 0.311. The summed E-state index contributed by atoms with van der Waals surface area (Å²) in [7, 11) is 0. The summed E-state index contributed by atoms with van der Waals surface area (Å²) >= 11 is 0. The van der Waals surface area contributed by atoms with Crippen LogP contribution in [0.4, 0.5) is 16.0 Å². The van der Waals surface area contributed by atoms with Crippen LogP contribution >= 0.6 is 12.4 Å². The fourth-order valence-corrected chi connectivity index (χ4v) is 4.47. The molecule has 10 nitrogen and oxygen atoms in total. The minimum atomic E-state index is -0.615. The molecule has 1 aromatic carbocycles. The average molecular weight is 574 g/mol. The van der Waals surface area contributed by atoms with Crippen LogP contribution in [0.15, 0.2) is 90.2 Å². The van der Waals surface area contributed by atoms with Crippen LogP contribution in [-0.4, -0.2) is 51.6 Å². The molecule has 1 amide bonds. The van der Waals surface area contributed by atoms with Crippen molar-refractivity contribution in [3.8, 4) is 17.2 Å². The van der Waals surface area contributed by atoms with Gasteiger partial charge in [-0.15, -0.1) is 12.4 Å². The van der Waals surface area contributed by atoms with E-state index in [0.29, 0.717) is 22.7 Å². The number of piperazine rings is 1. The van der Waals surface area contributed by atoms with Gasteiger partial charge in [0.2, 0.25) is 0 Å². The molecule has 1 saturated heterocycles. The van der Waals surface area contributed by atoms with Crippen LogP contribution in [0.5, 0.6) is 11.5 Å². The van der Waals surface area contributed by atoms with E-state index in [-0.39, 0.29) is 23.8 Å². The number of nitrogens with zero attached hydrogens (tertiary/aromatic N) is 5. The summed E-state index contributed by atoms with van der Waals surface area (Å²) in [5.41, 5.74) is 0.541. The molecule has 0 bridgehead atoms. The number of anilines is 2. The largest absolute Gasteiger partial charge is 0.455 e. The topological polar surface area (TPSA) is 114 Å². The molecule has 208 valence electrons. The van der Waals surface area contributed by atoms with Gasteiger partial charge < -0.3 is 20.3 Å². The normalized spacial score (nSPS) is 13.0. The van der Waals surface area contributed by atoms with Crippen LogP contribution in [-0.2, 0) is 0 Å². The Morgan fingerprint density at radius 1 is 0.976 bits per heavy atom. The molecule has 6 rings (SSSR count). The number of aromatic nitrogens is 4. The first kappa shape index (κ1) is 27.7. The lowest BCUT2D eigenvalue weighted by Crippen LogP contribution is -2.43. The smallest absolute Gasteiger partial charge is 0.267 e. The summed E-state index contributed by atoms with van der Waals surface area (Å²) in [5.74, 6) is 1.15. The summed E-state index contributed by atoms with van der Waals surface area (Å²) in [4.78, 5) is 41.3. The highest BCUT2D eigenvalue weighted by Gasteiger charge is 2.16. The minimum absolute atomic E-state index is 0. The second-order valence-corrected chi connectivity index (χ2v) is 9.11. The summed E-state index contributed by atoms with van der Waals surface area (Å²) in [5, 5.41) is 6.80. The first-order valence-corrected chi connectivity index (χ1v) is 12.7. The lowest BCUT2D eigenvalue weighted by molar-refractivity contribution is 0.102. The van der Waals surface area contributed by atoms with Crippen LogP contribution in [0.3, 0.4) is 0 Å². The Labute approximate surface area is 240 Å². The fourth-order valence-electron chi connectivity index (χ4n) is 4.47. The van der Waals surface area contributed by atoms with Crippen molar-refractivity contribution in [2.45, 2.75) is 0 Å². The predicted molar refractivity (Wildman–Crippen MR) is 156 cm³/mol. The van der Waals surface area contributed by atoms with Gasteiger partial charge in [-0.1, -0.05) is 0 Å². The van der Waals surface area contributed by atoms with E-state index in [1.54, 1.807) is 36.7 Å². The Morgan fingerprint density at radius 2 is 1.78 bits per heavy atom. The molecule has 0 unspecified atom stereocenters. The number of benzene rings is 1. The summed E-state index contributed by atoms with van der Waals surface area (Å²) in [6.07, 6.45) is 6.40. The van der Waals surface area contributed by atoms with Gasteiger partial charge in [-0.05, 0) is 60.7 Å². The van der Waals surface area contributed by atoms with Crippen molar-refractivity contribution in [1.82, 2.24) is 24.8 Å². The second-order valence-electron chi connectivity index (χ2n) is 9.11. The van der Waals surface area contributed by atoms with Gasteiger partial charge in [0.15, 0.2) is 0 Å². The molecule has 4 aromatic heterocycles. The first-order valence-electron chi connectivity index (χ1n) is 12.7. The average Bonchev–Trinajstić information content (AvgIpc) is 2.99. The van der Waals surface area contributed by atoms with E-state index < -0.39 is 17.3 Å². The van der Waals surface area contributed by atoms with E-state index in [1.165, 1.54) is 47.3 Å². The van der Waals surface area contributed by atoms with Crippen LogP contribution in [0, 0.1) is 5.82 Å². The van der Waals surface area contributed by atoms with Gasteiger partial charge in [0, 0.05) is 49.6 Å². The van der Waals surface area contributed by atoms with Crippen molar-refractivity contribution in [3.63, 3.8) is 0 Å². The maximum atomic E-state index is 13.3. The van der Waals surface area contributed by atoms with Gasteiger partial charge >= 0.3 is 0 Å². The van der Waals surface area contributed by atoms with Crippen LogP contribution in [0.1, 0.15) is 10.4 Å². The van der Waals surface area contributed by atoms with E-state index in [1.807, 2.05) is 6.07 Å². The number of carbonyl (C=O) groups is 1. The molecule has 41 heavy (non-hydrogen) atoms. The van der Waals surface area contributed by atoms with Gasteiger partial charge in [-0.3, -0.25) is 19.1 Å². The summed E-state index contributed by atoms with van der Waals surface area (Å²) in [6.45, 7) is 3.54. The lowest BCUT2D eigenvalue weighted by atomic mass is 10.2. The third kappa shape index (κ3) is 6.01. The van der Waals surface area contributed by atoms with Crippen molar-refractivity contribution in [1.29, 1.82) is 0 Å². The number of rotatable bonds is 6. The van der Waals surface area contributed by atoms with E-state index in [4.69, 9.17) is 4.74 Å². The van der Waals surface area contributed by atoms with Crippen molar-refractivity contribution < 1.29 is 13.9 Å². The standard InChI is InChI=1S/C29H24FN7O3.ClH/c30-19-3-5-20(6-4-19)37-13-1-2-22(29(37)39)28(38)35-26-8-7-21(17-33-26)40-25-9-10-32-24-18-34-27(16-23(24)25)36-14-11-31-12-15-36;/h1-10,13,16-18,31H,11-12,14-15H2,(H,33,35,38);1H. The zero-order valence-corrected chi connectivity index (χ0v) is 22.5. The monoisotopic (exact) mass is 573 g/mol. The van der Waals surface area contributed by atoms with E-state index in [2.05, 4.69) is 30.5 Å². The molecule has 0 atom stereocenters. The van der Waals surface area contributed by atoms with Gasteiger partial charge in [-0.25, -0.2) is 14.4 Å². The molecule has 2 N–H and O–H groups in total. The maximum Gasteiger partial charge on any atom is 0.267 e. The number of ether oxygens (including phenoxy) is 1. The molecule has 12 heteroatoms. The van der Waals surface area contributed by atoms with Crippen molar-refractivity contribution in [2.24, 2.45) is 0 Å². The molecular formula is C29H25ClFN7O3. The van der Waals surface area contributed by atoms with Crippen molar-refractivity contribution in [2.75, 3.05) is 36.4 Å².